The van der Waals surface area contributed by atoms with Crippen molar-refractivity contribution in [1.29, 1.82) is 0 Å². The van der Waals surface area contributed by atoms with E-state index in [4.69, 9.17) is 0 Å². The van der Waals surface area contributed by atoms with Crippen molar-refractivity contribution in [2.75, 3.05) is 31.1 Å². The van der Waals surface area contributed by atoms with E-state index in [2.05, 4.69) is 39.0 Å². The first-order valence-corrected chi connectivity index (χ1v) is 12.4. The predicted molar refractivity (Wildman–Crippen MR) is 124 cm³/mol. The third-order valence-electron chi connectivity index (χ3n) is 6.69. The van der Waals surface area contributed by atoms with Crippen molar-refractivity contribution in [2.24, 2.45) is 5.92 Å². The molecule has 2 aliphatic rings. The highest BCUT2D eigenvalue weighted by Gasteiger charge is 2.28. The molecule has 2 aliphatic heterocycles. The summed E-state index contributed by atoms with van der Waals surface area (Å²) in [5.41, 5.74) is 0.540. The molecule has 8 nitrogen and oxygen atoms in total. The molecule has 0 saturated carbocycles. The van der Waals surface area contributed by atoms with Gasteiger partial charge in [-0.2, -0.15) is 4.52 Å². The van der Waals surface area contributed by atoms with Crippen LogP contribution in [0.2, 0.25) is 0 Å². The zero-order valence-corrected chi connectivity index (χ0v) is 19.7. The van der Waals surface area contributed by atoms with Crippen LogP contribution in [0.3, 0.4) is 0 Å². The van der Waals surface area contributed by atoms with E-state index in [1.165, 1.54) is 41.2 Å². The third kappa shape index (κ3) is 5.09. The molecule has 1 amide bonds. The molecule has 0 bridgehead atoms. The predicted octanol–water partition coefficient (Wildman–Crippen LogP) is 2.45. The Kier molecular flexibility index (Phi) is 6.91. The largest absolute Gasteiger partial charge is 0.356 e. The van der Waals surface area contributed by atoms with Crippen LogP contribution in [0.15, 0.2) is 10.9 Å². The summed E-state index contributed by atoms with van der Waals surface area (Å²) in [4.78, 5) is 34.7. The molecule has 0 radical (unpaired) electrons. The van der Waals surface area contributed by atoms with Crippen LogP contribution in [0.1, 0.15) is 58.1 Å². The van der Waals surface area contributed by atoms with Crippen LogP contribution in [0.4, 0.5) is 5.13 Å². The molecule has 0 aliphatic carbocycles. The van der Waals surface area contributed by atoms with Crippen LogP contribution in [0.5, 0.6) is 0 Å². The first kappa shape index (κ1) is 22.2. The fourth-order valence-electron chi connectivity index (χ4n) is 4.94. The van der Waals surface area contributed by atoms with Crippen molar-refractivity contribution in [2.45, 2.75) is 71.4 Å². The number of aromatic nitrogens is 3. The standard InChI is InChI=1S/C22H34N6O2S/c1-15-13-19(29)28-21(24-15)31-22(25-28)26-11-5-9-18(14-26)20(30)23-10-6-12-27-16(2)7-4-8-17(27)3/h13,16-18H,4-12,14H2,1-3H3,(H,23,30). The summed E-state index contributed by atoms with van der Waals surface area (Å²) in [7, 11) is 0. The van der Waals surface area contributed by atoms with Crippen molar-refractivity contribution in [1.82, 2.24) is 24.8 Å². The van der Waals surface area contributed by atoms with E-state index in [-0.39, 0.29) is 17.4 Å². The van der Waals surface area contributed by atoms with E-state index in [0.29, 0.717) is 29.3 Å². The minimum absolute atomic E-state index is 0.0417. The van der Waals surface area contributed by atoms with Gasteiger partial charge in [0.25, 0.3) is 5.56 Å². The molecule has 2 fully saturated rings. The first-order valence-electron chi connectivity index (χ1n) is 11.6. The summed E-state index contributed by atoms with van der Waals surface area (Å²) in [5, 5.41) is 8.39. The van der Waals surface area contributed by atoms with E-state index < -0.39 is 0 Å². The Hall–Kier alpha value is -2.00. The fourth-order valence-corrected chi connectivity index (χ4v) is 5.92. The maximum absolute atomic E-state index is 12.8. The minimum Gasteiger partial charge on any atom is -0.356 e. The number of piperidine rings is 2. The number of amides is 1. The van der Waals surface area contributed by atoms with E-state index in [1.807, 2.05) is 6.92 Å². The number of anilines is 1. The van der Waals surface area contributed by atoms with Crippen LogP contribution in [-0.4, -0.2) is 63.7 Å². The lowest BCUT2D eigenvalue weighted by molar-refractivity contribution is -0.125. The monoisotopic (exact) mass is 446 g/mol. The number of aryl methyl sites for hydroxylation is 1. The van der Waals surface area contributed by atoms with Crippen molar-refractivity contribution < 1.29 is 4.79 Å². The summed E-state index contributed by atoms with van der Waals surface area (Å²) in [6.45, 7) is 9.71. The lowest BCUT2D eigenvalue weighted by Gasteiger charge is -2.39. The van der Waals surface area contributed by atoms with E-state index >= 15 is 0 Å². The second kappa shape index (κ2) is 9.65. The second-order valence-electron chi connectivity index (χ2n) is 9.11. The Labute approximate surface area is 187 Å². The molecule has 9 heteroatoms. The Bertz CT molecular complexity index is 963. The lowest BCUT2D eigenvalue weighted by atomic mass is 9.97. The molecule has 3 atom stereocenters. The van der Waals surface area contributed by atoms with Gasteiger partial charge >= 0.3 is 0 Å². The highest BCUT2D eigenvalue weighted by Crippen LogP contribution is 2.27. The molecule has 3 unspecified atom stereocenters. The number of rotatable bonds is 6. The van der Waals surface area contributed by atoms with Crippen LogP contribution in [0, 0.1) is 12.8 Å². The van der Waals surface area contributed by atoms with Crippen LogP contribution in [0.25, 0.3) is 4.96 Å². The van der Waals surface area contributed by atoms with Gasteiger partial charge in [0.2, 0.25) is 16.0 Å². The zero-order chi connectivity index (χ0) is 22.0. The van der Waals surface area contributed by atoms with E-state index in [1.54, 1.807) is 0 Å². The summed E-state index contributed by atoms with van der Waals surface area (Å²) in [5.74, 6) is 0.0942. The van der Waals surface area contributed by atoms with Gasteiger partial charge in [-0.1, -0.05) is 17.8 Å². The van der Waals surface area contributed by atoms with Crippen LogP contribution in [-0.2, 0) is 4.79 Å². The van der Waals surface area contributed by atoms with Gasteiger partial charge < -0.3 is 10.2 Å². The average Bonchev–Trinajstić information content (AvgIpc) is 3.17. The number of likely N-dealkylation sites (tertiary alicyclic amines) is 1. The van der Waals surface area contributed by atoms with E-state index in [0.717, 1.165) is 44.0 Å². The van der Waals surface area contributed by atoms with Gasteiger partial charge in [-0.05, 0) is 52.9 Å². The molecule has 31 heavy (non-hydrogen) atoms. The van der Waals surface area contributed by atoms with Gasteiger partial charge in [0.15, 0.2) is 0 Å². The summed E-state index contributed by atoms with van der Waals surface area (Å²) < 4.78 is 1.36. The molecule has 2 aromatic heterocycles. The first-order chi connectivity index (χ1) is 14.9. The van der Waals surface area contributed by atoms with Gasteiger partial charge in [0.05, 0.1) is 5.92 Å². The molecule has 4 heterocycles. The topological polar surface area (TPSA) is 82.8 Å². The van der Waals surface area contributed by atoms with Crippen molar-refractivity contribution in [3.05, 3.63) is 22.1 Å². The number of carbonyl (C=O) groups excluding carboxylic acids is 1. The summed E-state index contributed by atoms with van der Waals surface area (Å²) in [6.07, 6.45) is 6.71. The molecular formula is C22H34N6O2S. The zero-order valence-electron chi connectivity index (χ0n) is 18.8. The number of hydrogen-bond donors (Lipinski definition) is 1. The molecule has 2 saturated heterocycles. The van der Waals surface area contributed by atoms with Crippen molar-refractivity contribution >= 4 is 27.3 Å². The number of hydrogen-bond acceptors (Lipinski definition) is 7. The summed E-state index contributed by atoms with van der Waals surface area (Å²) >= 11 is 1.41. The average molecular weight is 447 g/mol. The molecule has 4 rings (SSSR count). The van der Waals surface area contributed by atoms with Crippen molar-refractivity contribution in [3.63, 3.8) is 0 Å². The molecule has 0 aromatic carbocycles. The maximum atomic E-state index is 12.8. The minimum atomic E-state index is -0.159. The van der Waals surface area contributed by atoms with Crippen LogP contribution >= 0.6 is 11.3 Å². The maximum Gasteiger partial charge on any atom is 0.275 e. The van der Waals surface area contributed by atoms with Gasteiger partial charge in [-0.15, -0.1) is 5.10 Å². The molecule has 1 N–H and O–H groups in total. The number of nitrogens with zero attached hydrogens (tertiary/aromatic N) is 5. The molecule has 0 spiro atoms. The lowest BCUT2D eigenvalue weighted by Crippen LogP contribution is -2.46. The number of nitrogens with one attached hydrogen (secondary N) is 1. The van der Waals surface area contributed by atoms with Gasteiger partial charge in [0.1, 0.15) is 0 Å². The Morgan fingerprint density at radius 3 is 2.77 bits per heavy atom. The Balaban J connectivity index is 1.29. The SMILES string of the molecule is Cc1cc(=O)n2nc(N3CCCC(C(=O)NCCCN4C(C)CCCC4C)C3)sc2n1. The highest BCUT2D eigenvalue weighted by molar-refractivity contribution is 7.20. The third-order valence-corrected chi connectivity index (χ3v) is 7.66. The smallest absolute Gasteiger partial charge is 0.275 e. The second-order valence-corrected chi connectivity index (χ2v) is 10.0. The Morgan fingerprint density at radius 2 is 2.00 bits per heavy atom. The van der Waals surface area contributed by atoms with Gasteiger partial charge in [-0.3, -0.25) is 14.5 Å². The van der Waals surface area contributed by atoms with E-state index in [9.17, 15) is 9.59 Å². The van der Waals surface area contributed by atoms with Gasteiger partial charge in [0, 0.05) is 50.0 Å². The molecule has 2 aromatic rings. The Morgan fingerprint density at radius 1 is 1.23 bits per heavy atom. The number of fused-ring (bicyclic) bond motifs is 1. The highest BCUT2D eigenvalue weighted by atomic mass is 32.1. The summed E-state index contributed by atoms with van der Waals surface area (Å²) in [6, 6.07) is 2.78. The molecular weight excluding hydrogens is 412 g/mol. The van der Waals surface area contributed by atoms with Crippen LogP contribution < -0.4 is 15.8 Å². The fraction of sp³-hybridized carbons (Fsp3) is 0.727. The number of carbonyl (C=O) groups is 1. The normalized spacial score (nSPS) is 25.1. The van der Waals surface area contributed by atoms with Crippen molar-refractivity contribution in [3.8, 4) is 0 Å². The van der Waals surface area contributed by atoms with Gasteiger partial charge in [-0.25, -0.2) is 4.98 Å². The molecule has 170 valence electrons. The quantitative estimate of drug-likeness (QED) is 0.687.